The van der Waals surface area contributed by atoms with Gasteiger partial charge >= 0.3 is 5.69 Å². The van der Waals surface area contributed by atoms with Crippen LogP contribution in [0.3, 0.4) is 0 Å². The molecule has 0 spiro atoms. The van der Waals surface area contributed by atoms with E-state index in [-0.39, 0.29) is 31.1 Å². The number of carbonyl (C=O) groups is 1. The number of nitrogens with one attached hydrogen (secondary N) is 1. The highest BCUT2D eigenvalue weighted by molar-refractivity contribution is 5.75. The van der Waals surface area contributed by atoms with Crippen LogP contribution in [0.4, 0.5) is 5.69 Å². The highest BCUT2D eigenvalue weighted by Gasteiger charge is 2.29. The topological polar surface area (TPSA) is 110 Å². The molecule has 1 fully saturated rings. The van der Waals surface area contributed by atoms with Gasteiger partial charge in [0.05, 0.1) is 17.1 Å². The van der Waals surface area contributed by atoms with Gasteiger partial charge < -0.3 is 10.4 Å². The highest BCUT2D eigenvalue weighted by Crippen LogP contribution is 2.27. The zero-order valence-electron chi connectivity index (χ0n) is 13.7. The second-order valence-corrected chi connectivity index (χ2v) is 6.31. The molecule has 2 N–H and O–H groups in total. The number of aryl methyl sites for hydroxylation is 2. The fourth-order valence-corrected chi connectivity index (χ4v) is 3.12. The van der Waals surface area contributed by atoms with Gasteiger partial charge in [0.2, 0.25) is 5.91 Å². The molecule has 0 aromatic carbocycles. The normalized spacial score (nSPS) is 17.0. The number of hydrogen-bond acceptors (Lipinski definition) is 5. The fraction of sp³-hybridized carbons (Fsp3) is 0.733. The average molecular weight is 324 g/mol. The molecule has 0 atom stereocenters. The van der Waals surface area contributed by atoms with Crippen LogP contribution in [0.25, 0.3) is 0 Å². The van der Waals surface area contributed by atoms with Crippen LogP contribution in [-0.2, 0) is 11.3 Å². The van der Waals surface area contributed by atoms with Crippen LogP contribution < -0.4 is 5.32 Å². The first-order valence-corrected chi connectivity index (χ1v) is 8.00. The zero-order chi connectivity index (χ0) is 17.0. The highest BCUT2D eigenvalue weighted by atomic mass is 16.6. The number of hydrogen-bond donors (Lipinski definition) is 2. The monoisotopic (exact) mass is 324 g/mol. The second-order valence-electron chi connectivity index (χ2n) is 6.31. The number of aromatic nitrogens is 2. The first-order valence-electron chi connectivity index (χ1n) is 8.00. The van der Waals surface area contributed by atoms with Gasteiger partial charge in [0.25, 0.3) is 0 Å². The van der Waals surface area contributed by atoms with Crippen LogP contribution in [0.5, 0.6) is 0 Å². The van der Waals surface area contributed by atoms with Gasteiger partial charge in [-0.15, -0.1) is 0 Å². The molecule has 0 radical (unpaired) electrons. The molecule has 1 aliphatic carbocycles. The third-order valence-corrected chi connectivity index (χ3v) is 4.48. The Labute approximate surface area is 135 Å². The van der Waals surface area contributed by atoms with E-state index in [2.05, 4.69) is 10.4 Å². The maximum Gasteiger partial charge on any atom is 0.312 e. The Balaban J connectivity index is 1.85. The lowest BCUT2D eigenvalue weighted by Gasteiger charge is -2.32. The fourth-order valence-electron chi connectivity index (χ4n) is 3.12. The number of nitro groups is 1. The molecule has 2 rings (SSSR count). The number of amides is 1. The van der Waals surface area contributed by atoms with Gasteiger partial charge in [0.15, 0.2) is 0 Å². The smallest absolute Gasteiger partial charge is 0.312 e. The standard InChI is InChI=1S/C15H24N4O4/c1-11-14(19(22)23)12(2)18(17-11)9-6-13(20)16-10-15(21)7-4-3-5-8-15/h21H,3-10H2,1-2H3,(H,16,20). The SMILES string of the molecule is Cc1nn(CCC(=O)NCC2(O)CCCCC2)c(C)c1[N+](=O)[O-]. The molecule has 8 nitrogen and oxygen atoms in total. The van der Waals surface area contributed by atoms with Gasteiger partial charge in [0, 0.05) is 13.0 Å². The summed E-state index contributed by atoms with van der Waals surface area (Å²) in [6.45, 7) is 3.76. The summed E-state index contributed by atoms with van der Waals surface area (Å²) in [4.78, 5) is 22.4. The molecule has 1 amide bonds. The van der Waals surface area contributed by atoms with Crippen LogP contribution in [-0.4, -0.2) is 37.9 Å². The Kier molecular flexibility index (Phi) is 5.35. The van der Waals surface area contributed by atoms with E-state index in [0.717, 1.165) is 32.1 Å². The van der Waals surface area contributed by atoms with Gasteiger partial charge in [-0.2, -0.15) is 5.10 Å². The predicted molar refractivity (Wildman–Crippen MR) is 84.0 cm³/mol. The summed E-state index contributed by atoms with van der Waals surface area (Å²) in [5.74, 6) is -0.181. The van der Waals surface area contributed by atoms with Crippen molar-refractivity contribution in [3.63, 3.8) is 0 Å². The van der Waals surface area contributed by atoms with Crippen LogP contribution in [0.1, 0.15) is 49.9 Å². The third-order valence-electron chi connectivity index (χ3n) is 4.48. The summed E-state index contributed by atoms with van der Waals surface area (Å²) in [6, 6.07) is 0. The van der Waals surface area contributed by atoms with Crippen molar-refractivity contribution in [2.75, 3.05) is 6.54 Å². The van der Waals surface area contributed by atoms with Crippen molar-refractivity contribution >= 4 is 11.6 Å². The van der Waals surface area contributed by atoms with E-state index >= 15 is 0 Å². The van der Waals surface area contributed by atoms with E-state index in [0.29, 0.717) is 11.4 Å². The molecule has 128 valence electrons. The minimum atomic E-state index is -0.787. The maximum atomic E-state index is 11.9. The molecular weight excluding hydrogens is 300 g/mol. The van der Waals surface area contributed by atoms with Gasteiger partial charge in [-0.05, 0) is 26.7 Å². The van der Waals surface area contributed by atoms with Crippen molar-refractivity contribution in [2.45, 2.75) is 64.5 Å². The number of rotatable bonds is 6. The predicted octanol–water partition coefficient (Wildman–Crippen LogP) is 1.61. The summed E-state index contributed by atoms with van der Waals surface area (Å²) in [5, 5.41) is 28.2. The van der Waals surface area contributed by atoms with Crippen molar-refractivity contribution in [3.8, 4) is 0 Å². The molecule has 0 aliphatic heterocycles. The van der Waals surface area contributed by atoms with E-state index in [4.69, 9.17) is 0 Å². The van der Waals surface area contributed by atoms with Gasteiger partial charge in [0.1, 0.15) is 11.4 Å². The summed E-state index contributed by atoms with van der Waals surface area (Å²) in [5.41, 5.74) is 0.0165. The van der Waals surface area contributed by atoms with Crippen molar-refractivity contribution in [2.24, 2.45) is 0 Å². The first-order chi connectivity index (χ1) is 10.8. The quantitative estimate of drug-likeness (QED) is 0.610. The van der Waals surface area contributed by atoms with E-state index in [1.807, 2.05) is 0 Å². The molecule has 1 aromatic heterocycles. The largest absolute Gasteiger partial charge is 0.388 e. The molecule has 1 aliphatic rings. The minimum absolute atomic E-state index is 0.00178. The molecule has 0 saturated heterocycles. The van der Waals surface area contributed by atoms with Crippen LogP contribution in [0.2, 0.25) is 0 Å². The van der Waals surface area contributed by atoms with E-state index in [9.17, 15) is 20.0 Å². The van der Waals surface area contributed by atoms with Crippen LogP contribution in [0.15, 0.2) is 0 Å². The maximum absolute atomic E-state index is 11.9. The van der Waals surface area contributed by atoms with Crippen LogP contribution in [0, 0.1) is 24.0 Å². The molecule has 1 heterocycles. The molecule has 0 bridgehead atoms. The van der Waals surface area contributed by atoms with Gasteiger partial charge in [-0.3, -0.25) is 19.6 Å². The van der Waals surface area contributed by atoms with E-state index in [1.54, 1.807) is 13.8 Å². The Hall–Kier alpha value is -1.96. The minimum Gasteiger partial charge on any atom is -0.388 e. The first kappa shape index (κ1) is 17.4. The number of carbonyl (C=O) groups excluding carboxylic acids is 1. The Morgan fingerprint density at radius 3 is 2.61 bits per heavy atom. The Bertz CT molecular complexity index is 591. The average Bonchev–Trinajstić information content (AvgIpc) is 2.78. The van der Waals surface area contributed by atoms with E-state index in [1.165, 1.54) is 4.68 Å². The number of nitrogens with zero attached hydrogens (tertiary/aromatic N) is 3. The van der Waals surface area contributed by atoms with E-state index < -0.39 is 10.5 Å². The lowest BCUT2D eigenvalue weighted by atomic mass is 9.85. The van der Waals surface area contributed by atoms with Crippen molar-refractivity contribution < 1.29 is 14.8 Å². The molecular formula is C15H24N4O4. The summed E-state index contributed by atoms with van der Waals surface area (Å²) in [6.07, 6.45) is 4.72. The molecule has 1 aromatic rings. The summed E-state index contributed by atoms with van der Waals surface area (Å²) < 4.78 is 1.49. The Morgan fingerprint density at radius 2 is 2.04 bits per heavy atom. The van der Waals surface area contributed by atoms with Crippen LogP contribution >= 0.6 is 0 Å². The Morgan fingerprint density at radius 1 is 1.39 bits per heavy atom. The second kappa shape index (κ2) is 7.08. The molecule has 8 heteroatoms. The molecule has 23 heavy (non-hydrogen) atoms. The number of aliphatic hydroxyl groups is 1. The zero-order valence-corrected chi connectivity index (χ0v) is 13.7. The molecule has 1 saturated carbocycles. The third kappa shape index (κ3) is 4.28. The van der Waals surface area contributed by atoms with Gasteiger partial charge in [-0.25, -0.2) is 0 Å². The molecule has 0 unspecified atom stereocenters. The van der Waals surface area contributed by atoms with Crippen molar-refractivity contribution in [3.05, 3.63) is 21.5 Å². The van der Waals surface area contributed by atoms with Gasteiger partial charge in [-0.1, -0.05) is 19.3 Å². The summed E-state index contributed by atoms with van der Waals surface area (Å²) in [7, 11) is 0. The van der Waals surface area contributed by atoms with Crippen molar-refractivity contribution in [1.29, 1.82) is 0 Å². The lowest BCUT2D eigenvalue weighted by Crippen LogP contribution is -2.44. The van der Waals surface area contributed by atoms with Crippen molar-refractivity contribution in [1.82, 2.24) is 15.1 Å². The summed E-state index contributed by atoms with van der Waals surface area (Å²) >= 11 is 0. The lowest BCUT2D eigenvalue weighted by molar-refractivity contribution is -0.386.